The van der Waals surface area contributed by atoms with Gasteiger partial charge in [0.15, 0.2) is 0 Å². The molecule has 7 nitrogen and oxygen atoms in total. The van der Waals surface area contributed by atoms with E-state index in [1.807, 2.05) is 0 Å². The zero-order chi connectivity index (χ0) is 15.8. The van der Waals surface area contributed by atoms with Gasteiger partial charge in [-0.15, -0.1) is 0 Å². The normalized spacial score (nSPS) is 11.6. The van der Waals surface area contributed by atoms with Crippen molar-refractivity contribution < 1.29 is 29.3 Å². The summed E-state index contributed by atoms with van der Waals surface area (Å²) in [5.74, 6) is -0.559. The van der Waals surface area contributed by atoms with Gasteiger partial charge in [-0.3, -0.25) is 4.79 Å². The van der Waals surface area contributed by atoms with E-state index in [2.05, 4.69) is 5.32 Å². The molecule has 0 aliphatic carbocycles. The molecule has 0 aliphatic heterocycles. The van der Waals surface area contributed by atoms with Crippen LogP contribution in [0.5, 0.6) is 11.5 Å². The molecule has 0 fully saturated rings. The fourth-order valence-corrected chi connectivity index (χ4v) is 1.80. The number of carbonyl (C=O) groups is 2. The molecule has 0 bridgehead atoms. The summed E-state index contributed by atoms with van der Waals surface area (Å²) in [6.07, 6.45) is -0.0663. The molecule has 3 N–H and O–H groups in total. The van der Waals surface area contributed by atoms with Crippen LogP contribution in [-0.4, -0.2) is 49.0 Å². The van der Waals surface area contributed by atoms with Gasteiger partial charge in [-0.1, -0.05) is 6.07 Å². The SMILES string of the molecule is COc1ccc(CC(=O)N[C@H](CCO)C(=O)O)c(OC)c1. The van der Waals surface area contributed by atoms with Crippen molar-refractivity contribution in [3.05, 3.63) is 23.8 Å². The molecule has 1 atom stereocenters. The molecule has 0 unspecified atom stereocenters. The van der Waals surface area contributed by atoms with E-state index in [9.17, 15) is 9.59 Å². The van der Waals surface area contributed by atoms with Crippen LogP contribution in [-0.2, 0) is 16.0 Å². The molecule has 1 rings (SSSR count). The number of nitrogens with one attached hydrogen (secondary N) is 1. The van der Waals surface area contributed by atoms with Crippen molar-refractivity contribution in [2.24, 2.45) is 0 Å². The maximum absolute atomic E-state index is 11.9. The van der Waals surface area contributed by atoms with Crippen LogP contribution in [0.4, 0.5) is 0 Å². The van der Waals surface area contributed by atoms with Crippen molar-refractivity contribution >= 4 is 11.9 Å². The highest BCUT2D eigenvalue weighted by atomic mass is 16.5. The molecule has 1 aromatic carbocycles. The third-order valence-corrected chi connectivity index (χ3v) is 2.90. The van der Waals surface area contributed by atoms with E-state index in [-0.39, 0.29) is 19.4 Å². The number of amides is 1. The van der Waals surface area contributed by atoms with Gasteiger partial charge in [-0.05, 0) is 6.07 Å². The van der Waals surface area contributed by atoms with Crippen LogP contribution in [0.1, 0.15) is 12.0 Å². The first-order chi connectivity index (χ1) is 10.0. The summed E-state index contributed by atoms with van der Waals surface area (Å²) in [4.78, 5) is 22.8. The maximum Gasteiger partial charge on any atom is 0.326 e. The largest absolute Gasteiger partial charge is 0.497 e. The van der Waals surface area contributed by atoms with Gasteiger partial charge in [-0.2, -0.15) is 0 Å². The topological polar surface area (TPSA) is 105 Å². The van der Waals surface area contributed by atoms with E-state index in [4.69, 9.17) is 19.7 Å². The van der Waals surface area contributed by atoms with Crippen molar-refractivity contribution in [1.29, 1.82) is 0 Å². The third-order valence-electron chi connectivity index (χ3n) is 2.90. The Hall–Kier alpha value is -2.28. The number of rotatable bonds is 8. The summed E-state index contributed by atoms with van der Waals surface area (Å²) in [5.41, 5.74) is 0.615. The second-order valence-corrected chi connectivity index (χ2v) is 4.33. The van der Waals surface area contributed by atoms with E-state index in [1.165, 1.54) is 14.2 Å². The molecule has 7 heteroatoms. The fourth-order valence-electron chi connectivity index (χ4n) is 1.80. The Balaban J connectivity index is 2.76. The average Bonchev–Trinajstić information content (AvgIpc) is 2.47. The van der Waals surface area contributed by atoms with E-state index < -0.39 is 17.9 Å². The number of carboxylic acid groups (broad SMARTS) is 1. The molecule has 1 aromatic rings. The van der Waals surface area contributed by atoms with Gasteiger partial charge < -0.3 is 25.0 Å². The first kappa shape index (κ1) is 16.8. The number of hydrogen-bond donors (Lipinski definition) is 3. The van der Waals surface area contributed by atoms with Crippen LogP contribution >= 0.6 is 0 Å². The lowest BCUT2D eigenvalue weighted by molar-refractivity contribution is -0.142. The van der Waals surface area contributed by atoms with Crippen molar-refractivity contribution in [3.8, 4) is 11.5 Å². The first-order valence-electron chi connectivity index (χ1n) is 6.35. The summed E-state index contributed by atoms with van der Waals surface area (Å²) >= 11 is 0. The lowest BCUT2D eigenvalue weighted by atomic mass is 10.1. The van der Waals surface area contributed by atoms with E-state index in [1.54, 1.807) is 18.2 Å². The van der Waals surface area contributed by atoms with Crippen LogP contribution in [0.15, 0.2) is 18.2 Å². The molecule has 0 aliphatic rings. The van der Waals surface area contributed by atoms with Crippen molar-refractivity contribution in [2.75, 3.05) is 20.8 Å². The van der Waals surface area contributed by atoms with Gasteiger partial charge in [0, 0.05) is 24.7 Å². The summed E-state index contributed by atoms with van der Waals surface area (Å²) in [6.45, 7) is -0.316. The molecule has 1 amide bonds. The van der Waals surface area contributed by atoms with Gasteiger partial charge >= 0.3 is 5.97 Å². The Labute approximate surface area is 122 Å². The van der Waals surface area contributed by atoms with Crippen LogP contribution in [0.25, 0.3) is 0 Å². The lowest BCUT2D eigenvalue weighted by Crippen LogP contribution is -2.42. The predicted octanol–water partition coefficient (Wildman–Crippen LogP) is 0.198. The number of carbonyl (C=O) groups excluding carboxylic acids is 1. The second-order valence-electron chi connectivity index (χ2n) is 4.33. The number of benzene rings is 1. The number of ether oxygens (including phenoxy) is 2. The van der Waals surface area contributed by atoms with Gasteiger partial charge in [0.1, 0.15) is 17.5 Å². The summed E-state index contributed by atoms with van der Waals surface area (Å²) < 4.78 is 10.2. The van der Waals surface area contributed by atoms with Gasteiger partial charge in [-0.25, -0.2) is 4.79 Å². The summed E-state index contributed by atoms with van der Waals surface area (Å²) in [6, 6.07) is 3.91. The number of hydrogen-bond acceptors (Lipinski definition) is 5. The minimum atomic E-state index is -1.18. The lowest BCUT2D eigenvalue weighted by Gasteiger charge is -2.14. The number of aliphatic carboxylic acids is 1. The van der Waals surface area contributed by atoms with Crippen molar-refractivity contribution in [1.82, 2.24) is 5.32 Å². The molecule has 0 saturated heterocycles. The number of aliphatic hydroxyl groups is 1. The smallest absolute Gasteiger partial charge is 0.326 e. The van der Waals surface area contributed by atoms with Crippen LogP contribution in [0, 0.1) is 0 Å². The van der Waals surface area contributed by atoms with Crippen molar-refractivity contribution in [3.63, 3.8) is 0 Å². The highest BCUT2D eigenvalue weighted by molar-refractivity contribution is 5.85. The summed E-state index contributed by atoms with van der Waals surface area (Å²) in [5, 5.41) is 20.1. The Kier molecular flexibility index (Phi) is 6.48. The molecule has 0 aromatic heterocycles. The van der Waals surface area contributed by atoms with Crippen LogP contribution in [0.3, 0.4) is 0 Å². The highest BCUT2D eigenvalue weighted by Gasteiger charge is 2.20. The quantitative estimate of drug-likeness (QED) is 0.633. The van der Waals surface area contributed by atoms with E-state index in [0.29, 0.717) is 17.1 Å². The van der Waals surface area contributed by atoms with Crippen LogP contribution < -0.4 is 14.8 Å². The average molecular weight is 297 g/mol. The number of methoxy groups -OCH3 is 2. The standard InChI is InChI=1S/C14H19NO6/c1-20-10-4-3-9(12(8-10)21-2)7-13(17)15-11(5-6-16)14(18)19/h3-4,8,11,16H,5-7H2,1-2H3,(H,15,17)(H,18,19)/t11-/m1/s1. The minimum Gasteiger partial charge on any atom is -0.497 e. The molecule has 0 saturated carbocycles. The molecule has 21 heavy (non-hydrogen) atoms. The van der Waals surface area contributed by atoms with Crippen LogP contribution in [0.2, 0.25) is 0 Å². The zero-order valence-corrected chi connectivity index (χ0v) is 12.0. The Morgan fingerprint density at radius 1 is 1.29 bits per heavy atom. The molecule has 0 heterocycles. The number of carboxylic acids is 1. The molecule has 116 valence electrons. The zero-order valence-electron chi connectivity index (χ0n) is 12.0. The monoisotopic (exact) mass is 297 g/mol. The third kappa shape index (κ3) is 4.96. The highest BCUT2D eigenvalue weighted by Crippen LogP contribution is 2.24. The Morgan fingerprint density at radius 2 is 2.00 bits per heavy atom. The first-order valence-corrected chi connectivity index (χ1v) is 6.35. The summed E-state index contributed by atoms with van der Waals surface area (Å²) in [7, 11) is 3.00. The maximum atomic E-state index is 11.9. The van der Waals surface area contributed by atoms with Gasteiger partial charge in [0.05, 0.1) is 20.6 Å². The van der Waals surface area contributed by atoms with Crippen molar-refractivity contribution in [2.45, 2.75) is 18.9 Å². The predicted molar refractivity (Wildman–Crippen MR) is 74.5 cm³/mol. The van der Waals surface area contributed by atoms with Gasteiger partial charge in [0.25, 0.3) is 0 Å². The molecule has 0 radical (unpaired) electrons. The Morgan fingerprint density at radius 3 is 2.52 bits per heavy atom. The van der Waals surface area contributed by atoms with E-state index in [0.717, 1.165) is 0 Å². The Bertz CT molecular complexity index is 502. The minimum absolute atomic E-state index is 0.0254. The molecular weight excluding hydrogens is 278 g/mol. The number of aliphatic hydroxyl groups excluding tert-OH is 1. The fraction of sp³-hybridized carbons (Fsp3) is 0.429. The van der Waals surface area contributed by atoms with E-state index >= 15 is 0 Å². The molecular formula is C14H19NO6. The second kappa shape index (κ2) is 8.11. The van der Waals surface area contributed by atoms with Gasteiger partial charge in [0.2, 0.25) is 5.91 Å². The molecule has 0 spiro atoms.